The number of nitrogens with zero attached hydrogens (tertiary/aromatic N) is 1. The Labute approximate surface area is 121 Å². The average molecular weight is 275 g/mol. The highest BCUT2D eigenvalue weighted by molar-refractivity contribution is 6.00. The fourth-order valence-electron chi connectivity index (χ4n) is 3.46. The van der Waals surface area contributed by atoms with Crippen molar-refractivity contribution in [1.29, 1.82) is 0 Å². The van der Waals surface area contributed by atoms with Gasteiger partial charge in [-0.2, -0.15) is 0 Å². The monoisotopic (exact) mass is 275 g/mol. The van der Waals surface area contributed by atoms with E-state index >= 15 is 0 Å². The van der Waals surface area contributed by atoms with Gasteiger partial charge in [-0.3, -0.25) is 9.69 Å². The molecule has 2 unspecified atom stereocenters. The number of likely N-dealkylation sites (tertiary alicyclic amines) is 1. The first-order chi connectivity index (χ1) is 9.43. The average Bonchev–Trinajstić information content (AvgIpc) is 2.68. The first-order valence-electron chi connectivity index (χ1n) is 7.40. The standard InChI is InChI=1S/C17H25NO2/c1-11-7-13(3)17(14(4)8-11)16(20)9-18-6-5-12(2)15(18)10-19/h7-8,12,15,19H,5-6,9-10H2,1-4H3. The predicted octanol–water partition coefficient (Wildman–Crippen LogP) is 2.50. The van der Waals surface area contributed by atoms with Crippen LogP contribution in [0.1, 0.15) is 40.4 Å². The largest absolute Gasteiger partial charge is 0.395 e. The summed E-state index contributed by atoms with van der Waals surface area (Å²) in [6.45, 7) is 9.67. The summed E-state index contributed by atoms with van der Waals surface area (Å²) in [7, 11) is 0. The predicted molar refractivity (Wildman–Crippen MR) is 81.2 cm³/mol. The van der Waals surface area contributed by atoms with Gasteiger partial charge in [-0.25, -0.2) is 0 Å². The molecule has 1 fully saturated rings. The number of hydrogen-bond donors (Lipinski definition) is 1. The molecule has 1 saturated heterocycles. The van der Waals surface area contributed by atoms with Gasteiger partial charge < -0.3 is 5.11 Å². The number of benzene rings is 1. The van der Waals surface area contributed by atoms with Crippen LogP contribution in [0, 0.1) is 26.7 Å². The Morgan fingerprint density at radius 3 is 2.45 bits per heavy atom. The summed E-state index contributed by atoms with van der Waals surface area (Å²) in [6.07, 6.45) is 1.06. The Kier molecular flexibility index (Phi) is 4.61. The second kappa shape index (κ2) is 6.06. The van der Waals surface area contributed by atoms with Crippen LogP contribution in [0.25, 0.3) is 0 Å². The summed E-state index contributed by atoms with van der Waals surface area (Å²) in [5.74, 6) is 0.639. The van der Waals surface area contributed by atoms with Crippen molar-refractivity contribution < 1.29 is 9.90 Å². The zero-order valence-corrected chi connectivity index (χ0v) is 12.9. The second-order valence-electron chi connectivity index (χ2n) is 6.18. The minimum atomic E-state index is 0.130. The van der Waals surface area contributed by atoms with Crippen LogP contribution in [-0.2, 0) is 0 Å². The minimum absolute atomic E-state index is 0.130. The number of aliphatic hydroxyl groups excluding tert-OH is 1. The van der Waals surface area contributed by atoms with Gasteiger partial charge in [0.25, 0.3) is 0 Å². The Morgan fingerprint density at radius 1 is 1.30 bits per heavy atom. The number of carbonyl (C=O) groups is 1. The molecule has 0 amide bonds. The Hall–Kier alpha value is -1.19. The molecule has 3 nitrogen and oxygen atoms in total. The minimum Gasteiger partial charge on any atom is -0.395 e. The van der Waals surface area contributed by atoms with Crippen molar-refractivity contribution in [2.24, 2.45) is 5.92 Å². The van der Waals surface area contributed by atoms with Crippen LogP contribution in [-0.4, -0.2) is 41.5 Å². The van der Waals surface area contributed by atoms with Crippen molar-refractivity contribution in [2.45, 2.75) is 40.2 Å². The third-order valence-electron chi connectivity index (χ3n) is 4.49. The normalized spacial score (nSPS) is 23.2. The molecule has 1 aliphatic rings. The van der Waals surface area contributed by atoms with E-state index in [1.54, 1.807) is 0 Å². The summed E-state index contributed by atoms with van der Waals surface area (Å²) in [4.78, 5) is 14.7. The van der Waals surface area contributed by atoms with E-state index in [2.05, 4.69) is 30.9 Å². The van der Waals surface area contributed by atoms with E-state index in [9.17, 15) is 9.90 Å². The van der Waals surface area contributed by atoms with Crippen LogP contribution in [0.5, 0.6) is 0 Å². The van der Waals surface area contributed by atoms with Crippen molar-refractivity contribution in [3.63, 3.8) is 0 Å². The molecule has 1 aromatic rings. The number of aryl methyl sites for hydroxylation is 3. The summed E-state index contributed by atoms with van der Waals surface area (Å²) in [6, 6.07) is 4.26. The van der Waals surface area contributed by atoms with E-state index in [-0.39, 0.29) is 18.4 Å². The zero-order valence-electron chi connectivity index (χ0n) is 12.9. The lowest BCUT2D eigenvalue weighted by atomic mass is 9.96. The van der Waals surface area contributed by atoms with Gasteiger partial charge >= 0.3 is 0 Å². The fraction of sp³-hybridized carbons (Fsp3) is 0.588. The van der Waals surface area contributed by atoms with Crippen LogP contribution >= 0.6 is 0 Å². The molecule has 0 aromatic heterocycles. The lowest BCUT2D eigenvalue weighted by Gasteiger charge is -2.24. The molecule has 2 atom stereocenters. The Morgan fingerprint density at radius 2 is 1.90 bits per heavy atom. The zero-order chi connectivity index (χ0) is 14.9. The highest BCUT2D eigenvalue weighted by Gasteiger charge is 2.32. The third-order valence-corrected chi connectivity index (χ3v) is 4.49. The van der Waals surface area contributed by atoms with Crippen LogP contribution < -0.4 is 0 Å². The second-order valence-corrected chi connectivity index (χ2v) is 6.18. The Bertz CT molecular complexity index is 487. The first-order valence-corrected chi connectivity index (χ1v) is 7.40. The fourth-order valence-corrected chi connectivity index (χ4v) is 3.46. The van der Waals surface area contributed by atoms with Gasteiger partial charge in [0.2, 0.25) is 0 Å². The van der Waals surface area contributed by atoms with Gasteiger partial charge in [-0.15, -0.1) is 0 Å². The Balaban J connectivity index is 2.17. The number of carbonyl (C=O) groups excluding carboxylic acids is 1. The molecule has 1 N–H and O–H groups in total. The molecule has 1 heterocycles. The number of ketones is 1. The highest BCUT2D eigenvalue weighted by Crippen LogP contribution is 2.25. The van der Waals surface area contributed by atoms with Crippen LogP contribution in [0.15, 0.2) is 12.1 Å². The number of hydrogen-bond acceptors (Lipinski definition) is 3. The molecule has 20 heavy (non-hydrogen) atoms. The summed E-state index contributed by atoms with van der Waals surface area (Å²) >= 11 is 0. The van der Waals surface area contributed by atoms with Crippen molar-refractivity contribution in [3.05, 3.63) is 34.4 Å². The summed E-state index contributed by atoms with van der Waals surface area (Å²) in [5, 5.41) is 9.48. The van der Waals surface area contributed by atoms with E-state index in [0.717, 1.165) is 29.7 Å². The molecule has 1 aromatic carbocycles. The maximum atomic E-state index is 12.6. The van der Waals surface area contributed by atoms with Crippen LogP contribution in [0.2, 0.25) is 0 Å². The van der Waals surface area contributed by atoms with Gasteiger partial charge in [0, 0.05) is 11.6 Å². The van der Waals surface area contributed by atoms with Gasteiger partial charge in [0.1, 0.15) is 0 Å². The molecular weight excluding hydrogens is 250 g/mol. The smallest absolute Gasteiger partial charge is 0.177 e. The van der Waals surface area contributed by atoms with Crippen molar-refractivity contribution in [1.82, 2.24) is 4.90 Å². The molecular formula is C17H25NO2. The van der Waals surface area contributed by atoms with E-state index in [1.165, 1.54) is 5.56 Å². The molecule has 0 spiro atoms. The van der Waals surface area contributed by atoms with Gasteiger partial charge in [0.15, 0.2) is 5.78 Å². The lowest BCUT2D eigenvalue weighted by Crippen LogP contribution is -2.39. The van der Waals surface area contributed by atoms with Crippen LogP contribution in [0.3, 0.4) is 0 Å². The van der Waals surface area contributed by atoms with E-state index in [4.69, 9.17) is 0 Å². The maximum absolute atomic E-state index is 12.6. The van der Waals surface area contributed by atoms with E-state index in [1.807, 2.05) is 13.8 Å². The molecule has 3 heteroatoms. The summed E-state index contributed by atoms with van der Waals surface area (Å²) in [5.41, 5.74) is 4.16. The summed E-state index contributed by atoms with van der Waals surface area (Å²) < 4.78 is 0. The molecule has 0 radical (unpaired) electrons. The molecule has 0 bridgehead atoms. The quantitative estimate of drug-likeness (QED) is 0.858. The molecule has 0 saturated carbocycles. The SMILES string of the molecule is Cc1cc(C)c(C(=O)CN2CCC(C)C2CO)c(C)c1. The molecule has 110 valence electrons. The lowest BCUT2D eigenvalue weighted by molar-refractivity contribution is 0.0865. The first kappa shape index (κ1) is 15.2. The van der Waals surface area contributed by atoms with Gasteiger partial charge in [-0.05, 0) is 50.8 Å². The molecule has 0 aliphatic carbocycles. The number of rotatable bonds is 4. The highest BCUT2D eigenvalue weighted by atomic mass is 16.3. The number of Topliss-reactive ketones (excluding diaryl/α,β-unsaturated/α-hetero) is 1. The third kappa shape index (κ3) is 2.94. The number of aliphatic hydroxyl groups is 1. The van der Waals surface area contributed by atoms with Crippen molar-refractivity contribution in [3.8, 4) is 0 Å². The maximum Gasteiger partial charge on any atom is 0.177 e. The van der Waals surface area contributed by atoms with E-state index in [0.29, 0.717) is 12.5 Å². The molecule has 2 rings (SSSR count). The van der Waals surface area contributed by atoms with Crippen molar-refractivity contribution >= 4 is 5.78 Å². The van der Waals surface area contributed by atoms with E-state index < -0.39 is 0 Å². The van der Waals surface area contributed by atoms with Crippen LogP contribution in [0.4, 0.5) is 0 Å². The van der Waals surface area contributed by atoms with Crippen molar-refractivity contribution in [2.75, 3.05) is 19.7 Å². The van der Waals surface area contributed by atoms with Gasteiger partial charge in [-0.1, -0.05) is 24.6 Å². The molecule has 1 aliphatic heterocycles. The van der Waals surface area contributed by atoms with Gasteiger partial charge in [0.05, 0.1) is 13.2 Å². The topological polar surface area (TPSA) is 40.5 Å².